The van der Waals surface area contributed by atoms with E-state index in [0.717, 1.165) is 6.07 Å². The molecule has 0 heterocycles. The van der Waals surface area contributed by atoms with E-state index in [1.807, 2.05) is 0 Å². The summed E-state index contributed by atoms with van der Waals surface area (Å²) < 4.78 is 76.3. The molecular formula is C14H7F6. The van der Waals surface area contributed by atoms with Crippen LogP contribution in [-0.2, 0) is 12.4 Å². The molecular weight excluding hydrogens is 282 g/mol. The van der Waals surface area contributed by atoms with E-state index in [1.54, 1.807) is 6.07 Å². The SMILES string of the molecule is FC(F)(F)c1ccc(-c2[c]cccc2)c(C(F)(F)F)c1. The zero-order valence-electron chi connectivity index (χ0n) is 9.81. The molecule has 6 heteroatoms. The highest BCUT2D eigenvalue weighted by Crippen LogP contribution is 2.40. The van der Waals surface area contributed by atoms with Crippen LogP contribution in [0, 0.1) is 6.07 Å². The van der Waals surface area contributed by atoms with Gasteiger partial charge in [-0.3, -0.25) is 0 Å². The first-order valence-corrected chi connectivity index (χ1v) is 5.45. The Morgan fingerprint density at radius 1 is 0.800 bits per heavy atom. The second kappa shape index (κ2) is 4.85. The first-order chi connectivity index (χ1) is 9.19. The summed E-state index contributed by atoms with van der Waals surface area (Å²) >= 11 is 0. The van der Waals surface area contributed by atoms with Crippen LogP contribution in [0.15, 0.2) is 42.5 Å². The summed E-state index contributed by atoms with van der Waals surface area (Å²) in [6.45, 7) is 0. The second-order valence-electron chi connectivity index (χ2n) is 4.03. The Labute approximate surface area is 110 Å². The van der Waals surface area contributed by atoms with Crippen LogP contribution in [0.3, 0.4) is 0 Å². The van der Waals surface area contributed by atoms with E-state index >= 15 is 0 Å². The smallest absolute Gasteiger partial charge is 0.166 e. The first-order valence-electron chi connectivity index (χ1n) is 5.45. The summed E-state index contributed by atoms with van der Waals surface area (Å²) in [7, 11) is 0. The molecule has 0 nitrogen and oxygen atoms in total. The number of hydrogen-bond acceptors (Lipinski definition) is 0. The van der Waals surface area contributed by atoms with Gasteiger partial charge in [0.15, 0.2) is 0 Å². The maximum Gasteiger partial charge on any atom is 0.417 e. The molecule has 0 atom stereocenters. The molecule has 0 aliphatic rings. The van der Waals surface area contributed by atoms with Gasteiger partial charge in [-0.05, 0) is 29.3 Å². The fourth-order valence-corrected chi connectivity index (χ4v) is 1.75. The maximum atomic E-state index is 12.9. The summed E-state index contributed by atoms with van der Waals surface area (Å²) in [5.74, 6) is 0. The minimum Gasteiger partial charge on any atom is -0.166 e. The molecule has 20 heavy (non-hydrogen) atoms. The van der Waals surface area contributed by atoms with E-state index in [9.17, 15) is 26.3 Å². The van der Waals surface area contributed by atoms with Gasteiger partial charge in [-0.25, -0.2) is 0 Å². The van der Waals surface area contributed by atoms with Crippen LogP contribution >= 0.6 is 0 Å². The van der Waals surface area contributed by atoms with Crippen LogP contribution in [0.1, 0.15) is 11.1 Å². The highest BCUT2D eigenvalue weighted by atomic mass is 19.4. The second-order valence-corrected chi connectivity index (χ2v) is 4.03. The van der Waals surface area contributed by atoms with Crippen molar-refractivity contribution in [3.63, 3.8) is 0 Å². The van der Waals surface area contributed by atoms with E-state index in [-0.39, 0.29) is 17.2 Å². The topological polar surface area (TPSA) is 0 Å². The van der Waals surface area contributed by atoms with Crippen molar-refractivity contribution in [3.05, 3.63) is 59.7 Å². The summed E-state index contributed by atoms with van der Waals surface area (Å²) in [5, 5.41) is 0. The molecule has 105 valence electrons. The third kappa shape index (κ3) is 2.95. The number of hydrogen-bond donors (Lipinski definition) is 0. The Bertz CT molecular complexity index is 595. The third-order valence-electron chi connectivity index (χ3n) is 2.65. The van der Waals surface area contributed by atoms with E-state index in [2.05, 4.69) is 6.07 Å². The molecule has 0 fully saturated rings. The molecule has 0 aliphatic heterocycles. The average molecular weight is 289 g/mol. The number of benzene rings is 2. The molecule has 2 aromatic carbocycles. The molecule has 0 aliphatic carbocycles. The van der Waals surface area contributed by atoms with Crippen LogP contribution < -0.4 is 0 Å². The molecule has 0 N–H and O–H groups in total. The lowest BCUT2D eigenvalue weighted by molar-refractivity contribution is -0.142. The van der Waals surface area contributed by atoms with Gasteiger partial charge in [0.1, 0.15) is 0 Å². The molecule has 1 radical (unpaired) electrons. The molecule has 0 unspecified atom stereocenters. The lowest BCUT2D eigenvalue weighted by Gasteiger charge is -2.15. The largest absolute Gasteiger partial charge is 0.417 e. The minimum absolute atomic E-state index is 0.0912. The van der Waals surface area contributed by atoms with Crippen LogP contribution in [0.4, 0.5) is 26.3 Å². The Morgan fingerprint density at radius 2 is 1.50 bits per heavy atom. The summed E-state index contributed by atoms with van der Waals surface area (Å²) in [6.07, 6.45) is -9.70. The Kier molecular flexibility index (Phi) is 3.50. The van der Waals surface area contributed by atoms with Crippen molar-refractivity contribution in [2.24, 2.45) is 0 Å². The number of alkyl halides is 6. The molecule has 0 bridgehead atoms. The molecule has 2 rings (SSSR count). The van der Waals surface area contributed by atoms with Crippen LogP contribution in [-0.4, -0.2) is 0 Å². The van der Waals surface area contributed by atoms with Crippen molar-refractivity contribution < 1.29 is 26.3 Å². The predicted molar refractivity (Wildman–Crippen MR) is 60.7 cm³/mol. The standard InChI is InChI=1S/C14H7F6/c15-13(16,17)10-6-7-11(9-4-2-1-3-5-9)12(8-10)14(18,19)20/h1-4,6-8H. The lowest BCUT2D eigenvalue weighted by atomic mass is 9.97. The van der Waals surface area contributed by atoms with Crippen LogP contribution in [0.5, 0.6) is 0 Å². The van der Waals surface area contributed by atoms with E-state index in [1.165, 1.54) is 18.2 Å². The van der Waals surface area contributed by atoms with Crippen molar-refractivity contribution in [2.75, 3.05) is 0 Å². The number of halogens is 6. The van der Waals surface area contributed by atoms with Gasteiger partial charge >= 0.3 is 12.4 Å². The van der Waals surface area contributed by atoms with Gasteiger partial charge in [-0.15, -0.1) is 0 Å². The Hall–Kier alpha value is -1.98. The summed E-state index contributed by atoms with van der Waals surface area (Å²) in [5.41, 5.74) is -2.89. The molecule has 0 spiro atoms. The quantitative estimate of drug-likeness (QED) is 0.634. The van der Waals surface area contributed by atoms with Crippen molar-refractivity contribution in [3.8, 4) is 11.1 Å². The summed E-state index contributed by atoms with van der Waals surface area (Å²) in [6, 6.07) is 9.94. The monoisotopic (exact) mass is 289 g/mol. The predicted octanol–water partition coefficient (Wildman–Crippen LogP) is 5.19. The molecule has 0 saturated carbocycles. The Morgan fingerprint density at radius 3 is 2.00 bits per heavy atom. The van der Waals surface area contributed by atoms with Crippen LogP contribution in [0.2, 0.25) is 0 Å². The van der Waals surface area contributed by atoms with Gasteiger partial charge in [0, 0.05) is 0 Å². The zero-order valence-corrected chi connectivity index (χ0v) is 9.81. The molecule has 0 aromatic heterocycles. The lowest BCUT2D eigenvalue weighted by Crippen LogP contribution is -2.12. The van der Waals surface area contributed by atoms with Gasteiger partial charge < -0.3 is 0 Å². The Balaban J connectivity index is 2.65. The van der Waals surface area contributed by atoms with E-state index in [4.69, 9.17) is 0 Å². The van der Waals surface area contributed by atoms with Gasteiger partial charge in [0.25, 0.3) is 0 Å². The molecule has 0 saturated heterocycles. The summed E-state index contributed by atoms with van der Waals surface area (Å²) in [4.78, 5) is 0. The van der Waals surface area contributed by atoms with Crippen molar-refractivity contribution in [1.82, 2.24) is 0 Å². The number of rotatable bonds is 1. The fourth-order valence-electron chi connectivity index (χ4n) is 1.75. The maximum absolute atomic E-state index is 12.9. The highest BCUT2D eigenvalue weighted by molar-refractivity contribution is 5.68. The third-order valence-corrected chi connectivity index (χ3v) is 2.65. The van der Waals surface area contributed by atoms with Gasteiger partial charge in [0.2, 0.25) is 0 Å². The van der Waals surface area contributed by atoms with E-state index in [0.29, 0.717) is 6.07 Å². The average Bonchev–Trinajstić information content (AvgIpc) is 2.37. The van der Waals surface area contributed by atoms with Crippen molar-refractivity contribution in [2.45, 2.75) is 12.4 Å². The van der Waals surface area contributed by atoms with Crippen molar-refractivity contribution in [1.29, 1.82) is 0 Å². The van der Waals surface area contributed by atoms with Gasteiger partial charge in [0.05, 0.1) is 11.1 Å². The minimum atomic E-state index is -4.87. The molecule has 2 aromatic rings. The fraction of sp³-hybridized carbons (Fsp3) is 0.143. The molecule has 0 amide bonds. The van der Waals surface area contributed by atoms with Crippen LogP contribution in [0.25, 0.3) is 11.1 Å². The first kappa shape index (κ1) is 14.4. The highest BCUT2D eigenvalue weighted by Gasteiger charge is 2.38. The zero-order chi connectivity index (χ0) is 15.0. The van der Waals surface area contributed by atoms with E-state index < -0.39 is 23.5 Å². The van der Waals surface area contributed by atoms with Gasteiger partial charge in [-0.1, -0.05) is 30.3 Å². The van der Waals surface area contributed by atoms with Crippen molar-refractivity contribution >= 4 is 0 Å². The van der Waals surface area contributed by atoms with Gasteiger partial charge in [-0.2, -0.15) is 26.3 Å². The normalized spacial score (nSPS) is 12.5.